The van der Waals surface area contributed by atoms with Crippen LogP contribution in [0.25, 0.3) is 22.4 Å². The first-order valence-corrected chi connectivity index (χ1v) is 13.0. The number of pyridine rings is 1. The Balaban J connectivity index is 1.29. The molecule has 0 amide bonds. The van der Waals surface area contributed by atoms with Crippen molar-refractivity contribution in [3.63, 3.8) is 0 Å². The topological polar surface area (TPSA) is 76.3 Å². The minimum Gasteiger partial charge on any atom is -0.381 e. The zero-order chi connectivity index (χ0) is 24.2. The quantitative estimate of drug-likeness (QED) is 0.567. The highest BCUT2D eigenvalue weighted by Gasteiger charge is 2.45. The van der Waals surface area contributed by atoms with Crippen LogP contribution in [0, 0.1) is 25.1 Å². The summed E-state index contributed by atoms with van der Waals surface area (Å²) in [5.74, 6) is 1.48. The van der Waals surface area contributed by atoms with E-state index < -0.39 is 0 Å². The van der Waals surface area contributed by atoms with E-state index in [2.05, 4.69) is 20.4 Å². The third-order valence-electron chi connectivity index (χ3n) is 8.36. The van der Waals surface area contributed by atoms with Crippen LogP contribution in [0.5, 0.6) is 0 Å². The van der Waals surface area contributed by atoms with Gasteiger partial charge in [-0.05, 0) is 81.0 Å². The van der Waals surface area contributed by atoms with Crippen LogP contribution >= 0.6 is 0 Å². The molecule has 2 aliphatic heterocycles. The first-order valence-electron chi connectivity index (χ1n) is 13.0. The number of nitrogens with one attached hydrogen (secondary N) is 1. The van der Waals surface area contributed by atoms with Crippen LogP contribution in [0.15, 0.2) is 16.7 Å². The summed E-state index contributed by atoms with van der Waals surface area (Å²) in [4.78, 5) is 11.7. The molecule has 1 aromatic carbocycles. The largest absolute Gasteiger partial charge is 0.381 e. The van der Waals surface area contributed by atoms with Crippen LogP contribution < -0.4 is 10.2 Å². The molecule has 1 aliphatic carbocycles. The van der Waals surface area contributed by atoms with Crippen molar-refractivity contribution in [2.75, 3.05) is 31.2 Å². The lowest BCUT2D eigenvalue weighted by atomic mass is 9.61. The molecule has 1 unspecified atom stereocenters. The van der Waals surface area contributed by atoms with E-state index in [0.29, 0.717) is 34.7 Å². The molecule has 3 aromatic rings. The summed E-state index contributed by atoms with van der Waals surface area (Å²) in [5.41, 5.74) is 3.61. The molecule has 3 fully saturated rings. The second-order valence-electron chi connectivity index (χ2n) is 10.7. The molecule has 1 atom stereocenters. The summed E-state index contributed by atoms with van der Waals surface area (Å²) >= 11 is 0. The molecule has 1 saturated carbocycles. The third kappa shape index (κ3) is 4.10. The zero-order valence-electron chi connectivity index (χ0n) is 20.9. The van der Waals surface area contributed by atoms with Crippen molar-refractivity contribution < 1.29 is 13.7 Å². The summed E-state index contributed by atoms with van der Waals surface area (Å²) in [6, 6.07) is 4.60. The van der Waals surface area contributed by atoms with E-state index in [1.165, 1.54) is 25.7 Å². The molecule has 2 aromatic heterocycles. The van der Waals surface area contributed by atoms with Gasteiger partial charge in [-0.25, -0.2) is 9.37 Å². The van der Waals surface area contributed by atoms with Gasteiger partial charge in [0.1, 0.15) is 17.2 Å². The number of hydrogen-bond donors (Lipinski definition) is 1. The Kier molecular flexibility index (Phi) is 5.76. The molecule has 1 spiro atoms. The number of halogens is 1. The Morgan fingerprint density at radius 3 is 2.66 bits per heavy atom. The molecule has 35 heavy (non-hydrogen) atoms. The van der Waals surface area contributed by atoms with Crippen LogP contribution in [-0.4, -0.2) is 53.5 Å². The summed E-state index contributed by atoms with van der Waals surface area (Å²) in [5, 5.41) is 8.72. The van der Waals surface area contributed by atoms with E-state index in [9.17, 15) is 0 Å². The van der Waals surface area contributed by atoms with Crippen LogP contribution in [-0.2, 0) is 11.2 Å². The van der Waals surface area contributed by atoms with Gasteiger partial charge in [0.25, 0.3) is 5.89 Å². The van der Waals surface area contributed by atoms with Crippen molar-refractivity contribution in [1.82, 2.24) is 20.4 Å². The van der Waals surface area contributed by atoms with Crippen molar-refractivity contribution in [2.45, 2.75) is 71.4 Å². The number of ether oxygens (including phenoxy) is 1. The maximum Gasteiger partial charge on any atom is 0.261 e. The van der Waals surface area contributed by atoms with E-state index >= 15 is 4.39 Å². The minimum absolute atomic E-state index is 0.276. The first kappa shape index (κ1) is 22.9. The number of hydrogen-bond acceptors (Lipinski definition) is 7. The van der Waals surface area contributed by atoms with E-state index in [0.717, 1.165) is 67.0 Å². The standard InChI is InChI=1S/C27H34FN5O2/c1-4-18-11-21-16(2)23(26-29-17(3)32-35-26)25(31-24(21)22(28)12-18)33-8-5-19(15-33)30-20-13-27(14-20)6-9-34-10-7-27/h11-12,19-20,30H,4-10,13-15H2,1-3H3. The Morgan fingerprint density at radius 1 is 1.14 bits per heavy atom. The maximum absolute atomic E-state index is 15.1. The average Bonchev–Trinajstić information content (AvgIpc) is 3.48. The van der Waals surface area contributed by atoms with Gasteiger partial charge < -0.3 is 19.5 Å². The number of aromatic nitrogens is 3. The van der Waals surface area contributed by atoms with Crippen molar-refractivity contribution >= 4 is 16.7 Å². The highest BCUT2D eigenvalue weighted by molar-refractivity contribution is 5.93. The third-order valence-corrected chi connectivity index (χ3v) is 8.36. The highest BCUT2D eigenvalue weighted by atomic mass is 19.1. The van der Waals surface area contributed by atoms with Crippen molar-refractivity contribution in [3.8, 4) is 11.5 Å². The summed E-state index contributed by atoms with van der Waals surface area (Å²) in [6.45, 7) is 9.36. The molecule has 6 rings (SSSR count). The SMILES string of the molecule is CCc1cc(F)c2nc(N3CCC(NC4CC5(CCOCC5)C4)C3)c(-c3nc(C)no3)c(C)c2c1. The van der Waals surface area contributed by atoms with E-state index in [-0.39, 0.29) is 5.82 Å². The molecule has 1 N–H and O–H groups in total. The first-order chi connectivity index (χ1) is 16.9. The second-order valence-corrected chi connectivity index (χ2v) is 10.7. The number of anilines is 1. The monoisotopic (exact) mass is 479 g/mol. The fourth-order valence-corrected chi connectivity index (χ4v) is 6.34. The molecule has 4 heterocycles. The molecular weight excluding hydrogens is 445 g/mol. The highest BCUT2D eigenvalue weighted by Crippen LogP contribution is 2.49. The normalized spacial score (nSPS) is 22.3. The Hall–Kier alpha value is -2.58. The lowest BCUT2D eigenvalue weighted by Gasteiger charge is -2.51. The van der Waals surface area contributed by atoms with Gasteiger partial charge >= 0.3 is 0 Å². The average molecular weight is 480 g/mol. The van der Waals surface area contributed by atoms with Gasteiger partial charge in [-0.2, -0.15) is 4.98 Å². The van der Waals surface area contributed by atoms with Gasteiger partial charge in [0.05, 0.1) is 5.56 Å². The van der Waals surface area contributed by atoms with Gasteiger partial charge in [0.15, 0.2) is 5.82 Å². The second kappa shape index (κ2) is 8.82. The maximum atomic E-state index is 15.1. The van der Waals surface area contributed by atoms with Crippen LogP contribution in [0.3, 0.4) is 0 Å². The van der Waals surface area contributed by atoms with E-state index in [4.69, 9.17) is 14.2 Å². The molecule has 0 bridgehead atoms. The summed E-state index contributed by atoms with van der Waals surface area (Å²) in [7, 11) is 0. The number of rotatable bonds is 5. The number of aryl methyl sites for hydroxylation is 3. The van der Waals surface area contributed by atoms with Crippen LogP contribution in [0.2, 0.25) is 0 Å². The predicted molar refractivity (Wildman–Crippen MR) is 133 cm³/mol. The minimum atomic E-state index is -0.276. The molecular formula is C27H34FN5O2. The van der Waals surface area contributed by atoms with Gasteiger partial charge in [0.2, 0.25) is 0 Å². The van der Waals surface area contributed by atoms with E-state index in [1.807, 2.05) is 26.8 Å². The van der Waals surface area contributed by atoms with Gasteiger partial charge in [0, 0.05) is 43.8 Å². The van der Waals surface area contributed by atoms with Gasteiger partial charge in [-0.15, -0.1) is 0 Å². The molecule has 8 heteroatoms. The van der Waals surface area contributed by atoms with Gasteiger partial charge in [-0.3, -0.25) is 0 Å². The molecule has 3 aliphatic rings. The predicted octanol–water partition coefficient (Wildman–Crippen LogP) is 4.73. The Morgan fingerprint density at radius 2 is 1.94 bits per heavy atom. The molecule has 0 radical (unpaired) electrons. The number of nitrogens with zero attached hydrogens (tertiary/aromatic N) is 4. The molecule has 2 saturated heterocycles. The number of fused-ring (bicyclic) bond motifs is 1. The zero-order valence-corrected chi connectivity index (χ0v) is 20.9. The molecule has 7 nitrogen and oxygen atoms in total. The number of benzene rings is 1. The fraction of sp³-hybridized carbons (Fsp3) is 0.593. The lowest BCUT2D eigenvalue weighted by molar-refractivity contribution is -0.0467. The van der Waals surface area contributed by atoms with Gasteiger partial charge in [-0.1, -0.05) is 12.1 Å². The van der Waals surface area contributed by atoms with Crippen molar-refractivity contribution in [1.29, 1.82) is 0 Å². The lowest BCUT2D eigenvalue weighted by Crippen LogP contribution is -2.54. The van der Waals surface area contributed by atoms with Crippen molar-refractivity contribution in [2.24, 2.45) is 5.41 Å². The summed E-state index contributed by atoms with van der Waals surface area (Å²) < 4.78 is 26.3. The Bertz CT molecular complexity index is 1240. The Labute approximate surface area is 205 Å². The van der Waals surface area contributed by atoms with Crippen molar-refractivity contribution in [3.05, 3.63) is 34.9 Å². The molecule has 186 valence electrons. The summed E-state index contributed by atoms with van der Waals surface area (Å²) in [6.07, 6.45) is 6.68. The fourth-order valence-electron chi connectivity index (χ4n) is 6.34. The smallest absolute Gasteiger partial charge is 0.261 e. The van der Waals surface area contributed by atoms with Crippen LogP contribution in [0.1, 0.15) is 56.0 Å². The van der Waals surface area contributed by atoms with E-state index in [1.54, 1.807) is 6.07 Å². The van der Waals surface area contributed by atoms with Crippen LogP contribution in [0.4, 0.5) is 10.2 Å².